The van der Waals surface area contributed by atoms with Crippen molar-refractivity contribution in [2.24, 2.45) is 4.99 Å². The zero-order valence-corrected chi connectivity index (χ0v) is 20.0. The van der Waals surface area contributed by atoms with Gasteiger partial charge in [-0.15, -0.1) is 0 Å². The summed E-state index contributed by atoms with van der Waals surface area (Å²) in [6.45, 7) is 13.2. The number of aliphatic imine (C=N–C) groups is 1. The highest BCUT2D eigenvalue weighted by Gasteiger charge is 2.21. The third-order valence-corrected chi connectivity index (χ3v) is 5.09. The van der Waals surface area contributed by atoms with Crippen molar-refractivity contribution in [1.29, 1.82) is 0 Å². The second-order valence-corrected chi connectivity index (χ2v) is 9.12. The Morgan fingerprint density at radius 1 is 1.16 bits per heavy atom. The Morgan fingerprint density at radius 3 is 2.52 bits per heavy atom. The second kappa shape index (κ2) is 11.9. The first-order valence-corrected chi connectivity index (χ1v) is 11.2. The van der Waals surface area contributed by atoms with E-state index in [4.69, 9.17) is 9.73 Å². The van der Waals surface area contributed by atoms with Crippen LogP contribution in [-0.4, -0.2) is 86.9 Å². The van der Waals surface area contributed by atoms with Gasteiger partial charge in [-0.1, -0.05) is 12.1 Å². The Morgan fingerprint density at radius 2 is 1.87 bits per heavy atom. The van der Waals surface area contributed by atoms with Gasteiger partial charge in [0.25, 0.3) is 0 Å². The predicted octanol–water partition coefficient (Wildman–Crippen LogP) is 2.38. The molecule has 0 aromatic heterocycles. The van der Waals surface area contributed by atoms with E-state index in [-0.39, 0.29) is 0 Å². The molecule has 31 heavy (non-hydrogen) atoms. The Labute approximate surface area is 187 Å². The molecule has 0 aliphatic carbocycles. The van der Waals surface area contributed by atoms with Crippen molar-refractivity contribution in [3.63, 3.8) is 0 Å². The van der Waals surface area contributed by atoms with Crippen LogP contribution in [0.4, 0.5) is 10.5 Å². The van der Waals surface area contributed by atoms with Crippen molar-refractivity contribution in [2.75, 3.05) is 58.7 Å². The minimum atomic E-state index is -0.510. The summed E-state index contributed by atoms with van der Waals surface area (Å²) in [5, 5.41) is 9.51. The fraction of sp³-hybridized carbons (Fsp3) is 0.652. The standard InChI is InChI=1S/C23H40N6O2/c1-7-24-21(26-16-20-17-28(5)14-15-29(20)6)25-13-12-18-8-10-19(11-9-18)27-22(30)31-23(2,3)4/h8-11,20H,7,12-17H2,1-6H3,(H,27,30)(H2,24,25,26). The highest BCUT2D eigenvalue weighted by molar-refractivity contribution is 5.84. The second-order valence-electron chi connectivity index (χ2n) is 9.12. The average molecular weight is 433 g/mol. The Kier molecular flexibility index (Phi) is 9.58. The lowest BCUT2D eigenvalue weighted by Crippen LogP contribution is -2.51. The summed E-state index contributed by atoms with van der Waals surface area (Å²) < 4.78 is 5.28. The first-order valence-electron chi connectivity index (χ1n) is 11.2. The van der Waals surface area contributed by atoms with Gasteiger partial charge >= 0.3 is 6.09 Å². The molecule has 8 nitrogen and oxygen atoms in total. The molecule has 0 saturated carbocycles. The number of hydrogen-bond acceptors (Lipinski definition) is 5. The third kappa shape index (κ3) is 9.57. The van der Waals surface area contributed by atoms with Gasteiger partial charge in [0.05, 0.1) is 6.54 Å². The smallest absolute Gasteiger partial charge is 0.412 e. The fourth-order valence-electron chi connectivity index (χ4n) is 3.34. The Balaban J connectivity index is 1.80. The minimum absolute atomic E-state index is 0.441. The SMILES string of the molecule is CCNC(=NCC1CN(C)CCN1C)NCCc1ccc(NC(=O)OC(C)(C)C)cc1. The summed E-state index contributed by atoms with van der Waals surface area (Å²) >= 11 is 0. The summed E-state index contributed by atoms with van der Waals surface area (Å²) in [5.41, 5.74) is 1.40. The Bertz CT molecular complexity index is 714. The molecule has 0 radical (unpaired) electrons. The topological polar surface area (TPSA) is 81.2 Å². The monoisotopic (exact) mass is 432 g/mol. The van der Waals surface area contributed by atoms with Crippen LogP contribution in [0.1, 0.15) is 33.3 Å². The van der Waals surface area contributed by atoms with E-state index in [1.54, 1.807) is 0 Å². The van der Waals surface area contributed by atoms with Crippen LogP contribution >= 0.6 is 0 Å². The van der Waals surface area contributed by atoms with E-state index in [0.717, 1.165) is 57.3 Å². The average Bonchev–Trinajstić information content (AvgIpc) is 2.68. The van der Waals surface area contributed by atoms with Crippen molar-refractivity contribution in [2.45, 2.75) is 45.8 Å². The molecular weight excluding hydrogens is 392 g/mol. The van der Waals surface area contributed by atoms with Crippen LogP contribution in [0.15, 0.2) is 29.3 Å². The largest absolute Gasteiger partial charge is 0.444 e. The first kappa shape index (κ1) is 24.9. The molecule has 1 fully saturated rings. The zero-order chi connectivity index (χ0) is 22.9. The number of rotatable bonds is 7. The number of guanidine groups is 1. The quantitative estimate of drug-likeness (QED) is 0.453. The van der Waals surface area contributed by atoms with Gasteiger partial charge in [0.15, 0.2) is 5.96 Å². The molecule has 0 spiro atoms. The van der Waals surface area contributed by atoms with Crippen molar-refractivity contribution < 1.29 is 9.53 Å². The number of nitrogens with one attached hydrogen (secondary N) is 3. The highest BCUT2D eigenvalue weighted by Crippen LogP contribution is 2.13. The lowest BCUT2D eigenvalue weighted by Gasteiger charge is -2.36. The third-order valence-electron chi connectivity index (χ3n) is 5.09. The maximum Gasteiger partial charge on any atom is 0.412 e. The molecule has 0 bridgehead atoms. The van der Waals surface area contributed by atoms with Crippen molar-refractivity contribution in [3.8, 4) is 0 Å². The molecule has 1 amide bonds. The number of carbonyl (C=O) groups is 1. The predicted molar refractivity (Wildman–Crippen MR) is 128 cm³/mol. The molecule has 1 aromatic carbocycles. The summed E-state index contributed by atoms with van der Waals surface area (Å²) in [6, 6.07) is 8.28. The van der Waals surface area contributed by atoms with E-state index >= 15 is 0 Å². The van der Waals surface area contributed by atoms with Crippen LogP contribution in [-0.2, 0) is 11.2 Å². The lowest BCUT2D eigenvalue weighted by molar-refractivity contribution is 0.0636. The number of piperazine rings is 1. The van der Waals surface area contributed by atoms with Gasteiger partial charge in [-0.25, -0.2) is 4.79 Å². The number of likely N-dealkylation sites (N-methyl/N-ethyl adjacent to an activating group) is 2. The van der Waals surface area contributed by atoms with Gasteiger partial charge < -0.3 is 20.3 Å². The van der Waals surface area contributed by atoms with Crippen LogP contribution in [0.25, 0.3) is 0 Å². The van der Waals surface area contributed by atoms with Gasteiger partial charge in [0, 0.05) is 44.5 Å². The van der Waals surface area contributed by atoms with Crippen molar-refractivity contribution in [3.05, 3.63) is 29.8 Å². The van der Waals surface area contributed by atoms with Crippen molar-refractivity contribution >= 4 is 17.7 Å². The summed E-state index contributed by atoms with van der Waals surface area (Å²) in [7, 11) is 4.34. The lowest BCUT2D eigenvalue weighted by atomic mass is 10.1. The van der Waals surface area contributed by atoms with E-state index in [9.17, 15) is 4.79 Å². The number of nitrogens with zero attached hydrogens (tertiary/aromatic N) is 3. The molecule has 1 heterocycles. The maximum absolute atomic E-state index is 11.9. The van der Waals surface area contributed by atoms with E-state index in [1.165, 1.54) is 5.56 Å². The number of hydrogen-bond donors (Lipinski definition) is 3. The molecule has 2 rings (SSSR count). The molecule has 3 N–H and O–H groups in total. The molecule has 1 unspecified atom stereocenters. The number of anilines is 1. The number of ether oxygens (including phenoxy) is 1. The van der Waals surface area contributed by atoms with Gasteiger partial charge in [-0.05, 0) is 65.9 Å². The van der Waals surface area contributed by atoms with Gasteiger partial charge in [0.1, 0.15) is 5.60 Å². The molecule has 1 atom stereocenters. The normalized spacial score (nSPS) is 18.5. The number of amides is 1. The molecule has 1 aliphatic rings. The summed E-state index contributed by atoms with van der Waals surface area (Å²) in [6.07, 6.45) is 0.423. The highest BCUT2D eigenvalue weighted by atomic mass is 16.6. The van der Waals surface area contributed by atoms with Crippen LogP contribution in [0.3, 0.4) is 0 Å². The van der Waals surface area contributed by atoms with E-state index in [1.807, 2.05) is 45.0 Å². The number of benzene rings is 1. The minimum Gasteiger partial charge on any atom is -0.444 e. The Hall–Kier alpha value is -2.32. The maximum atomic E-state index is 11.9. The molecular formula is C23H40N6O2. The molecule has 8 heteroatoms. The molecule has 1 aromatic rings. The van der Waals surface area contributed by atoms with E-state index < -0.39 is 11.7 Å². The summed E-state index contributed by atoms with van der Waals surface area (Å²) in [4.78, 5) is 21.4. The first-order chi connectivity index (χ1) is 14.7. The zero-order valence-electron chi connectivity index (χ0n) is 20.0. The van der Waals surface area contributed by atoms with Crippen LogP contribution in [0.5, 0.6) is 0 Å². The molecule has 1 aliphatic heterocycles. The molecule has 1 saturated heterocycles. The summed E-state index contributed by atoms with van der Waals surface area (Å²) in [5.74, 6) is 0.854. The number of carbonyl (C=O) groups excluding carboxylic acids is 1. The van der Waals surface area contributed by atoms with Crippen LogP contribution in [0.2, 0.25) is 0 Å². The van der Waals surface area contributed by atoms with Gasteiger partial charge in [-0.2, -0.15) is 0 Å². The van der Waals surface area contributed by atoms with Crippen LogP contribution in [0, 0.1) is 0 Å². The van der Waals surface area contributed by atoms with E-state index in [2.05, 4.69) is 46.8 Å². The van der Waals surface area contributed by atoms with Crippen LogP contribution < -0.4 is 16.0 Å². The van der Waals surface area contributed by atoms with Gasteiger partial charge in [0.2, 0.25) is 0 Å². The van der Waals surface area contributed by atoms with E-state index in [0.29, 0.717) is 6.04 Å². The van der Waals surface area contributed by atoms with Crippen molar-refractivity contribution in [1.82, 2.24) is 20.4 Å². The fourth-order valence-corrected chi connectivity index (χ4v) is 3.34. The molecule has 174 valence electrons. The van der Waals surface area contributed by atoms with Gasteiger partial charge in [-0.3, -0.25) is 15.2 Å².